The van der Waals surface area contributed by atoms with Crippen molar-refractivity contribution in [3.05, 3.63) is 42.5 Å². The molecule has 0 radical (unpaired) electrons. The molecular formula is C17H22N2O5. The van der Waals surface area contributed by atoms with E-state index in [-0.39, 0.29) is 18.9 Å². The summed E-state index contributed by atoms with van der Waals surface area (Å²) in [5.41, 5.74) is 0.380. The molecule has 24 heavy (non-hydrogen) atoms. The van der Waals surface area contributed by atoms with E-state index in [1.807, 2.05) is 0 Å². The van der Waals surface area contributed by atoms with Gasteiger partial charge in [0.25, 0.3) is 11.8 Å². The number of rotatable bonds is 9. The fourth-order valence-electron chi connectivity index (χ4n) is 1.83. The number of nitrogens with one attached hydrogen (secondary N) is 2. The molecule has 2 amide bonds. The Bertz CT molecular complexity index is 600. The lowest BCUT2D eigenvalue weighted by atomic mass is 10.2. The maximum Gasteiger partial charge on any atom is 0.308 e. The van der Waals surface area contributed by atoms with Gasteiger partial charge in [-0.1, -0.05) is 18.2 Å². The Morgan fingerprint density at radius 3 is 2.62 bits per heavy atom. The van der Waals surface area contributed by atoms with Crippen LogP contribution in [0.25, 0.3) is 0 Å². The van der Waals surface area contributed by atoms with Gasteiger partial charge in [0.2, 0.25) is 0 Å². The quantitative estimate of drug-likeness (QED) is 0.520. The molecule has 1 aromatic carbocycles. The average Bonchev–Trinajstić information content (AvgIpc) is 2.59. The largest absolute Gasteiger partial charge is 0.496 e. The van der Waals surface area contributed by atoms with E-state index in [0.717, 1.165) is 0 Å². The van der Waals surface area contributed by atoms with Gasteiger partial charge in [-0.3, -0.25) is 14.4 Å². The predicted octanol–water partition coefficient (Wildman–Crippen LogP) is 1.05. The second kappa shape index (κ2) is 10.0. The van der Waals surface area contributed by atoms with Crippen LogP contribution in [0.1, 0.15) is 23.7 Å². The fraction of sp³-hybridized carbons (Fsp3) is 0.353. The molecule has 2 N–H and O–H groups in total. The number of amides is 2. The van der Waals surface area contributed by atoms with Gasteiger partial charge in [-0.15, -0.1) is 6.58 Å². The number of hydrogen-bond donors (Lipinski definition) is 2. The van der Waals surface area contributed by atoms with E-state index >= 15 is 0 Å². The second-order valence-electron chi connectivity index (χ2n) is 4.87. The van der Waals surface area contributed by atoms with Gasteiger partial charge in [0.1, 0.15) is 5.75 Å². The maximum absolute atomic E-state index is 12.0. The van der Waals surface area contributed by atoms with E-state index in [0.29, 0.717) is 17.9 Å². The number of methoxy groups -OCH3 is 1. The average molecular weight is 334 g/mol. The molecular weight excluding hydrogens is 312 g/mol. The van der Waals surface area contributed by atoms with Crippen molar-refractivity contribution in [3.8, 4) is 5.75 Å². The number of carbonyl (C=O) groups is 3. The number of esters is 1. The summed E-state index contributed by atoms with van der Waals surface area (Å²) in [5, 5.41) is 5.14. The molecule has 0 bridgehead atoms. The summed E-state index contributed by atoms with van der Waals surface area (Å²) in [7, 11) is 1.47. The van der Waals surface area contributed by atoms with Crippen LogP contribution in [-0.2, 0) is 14.3 Å². The zero-order valence-corrected chi connectivity index (χ0v) is 13.8. The molecule has 0 aliphatic rings. The number of para-hydroxylation sites is 1. The third kappa shape index (κ3) is 6.12. The Balaban J connectivity index is 2.38. The minimum Gasteiger partial charge on any atom is -0.496 e. The van der Waals surface area contributed by atoms with Crippen LogP contribution in [0.4, 0.5) is 0 Å². The lowest BCUT2D eigenvalue weighted by Crippen LogP contribution is -2.36. The van der Waals surface area contributed by atoms with Gasteiger partial charge in [-0.05, 0) is 19.1 Å². The van der Waals surface area contributed by atoms with E-state index in [1.165, 1.54) is 20.1 Å². The molecule has 0 fully saturated rings. The lowest BCUT2D eigenvalue weighted by Gasteiger charge is -2.13. The zero-order chi connectivity index (χ0) is 17.9. The van der Waals surface area contributed by atoms with Crippen molar-refractivity contribution in [1.29, 1.82) is 0 Å². The van der Waals surface area contributed by atoms with E-state index < -0.39 is 18.0 Å². The fourth-order valence-corrected chi connectivity index (χ4v) is 1.83. The Labute approximate surface area is 141 Å². The standard InChI is InChI=1S/C17H22N2O5/c1-4-10-18-16(21)12(2)24-15(20)9-11-19-17(22)13-7-5-6-8-14(13)23-3/h4-8,12H,1,9-11H2,2-3H3,(H,18,21)(H,19,22)/t12-/m0/s1. The summed E-state index contributed by atoms with van der Waals surface area (Å²) in [6.07, 6.45) is 0.585. The van der Waals surface area contributed by atoms with E-state index in [2.05, 4.69) is 17.2 Å². The van der Waals surface area contributed by atoms with Crippen molar-refractivity contribution in [2.24, 2.45) is 0 Å². The minimum absolute atomic E-state index is 0.0417. The summed E-state index contributed by atoms with van der Waals surface area (Å²) in [4.78, 5) is 35.3. The molecule has 0 unspecified atom stereocenters. The van der Waals surface area contributed by atoms with Crippen molar-refractivity contribution in [2.75, 3.05) is 20.2 Å². The van der Waals surface area contributed by atoms with Crippen molar-refractivity contribution in [3.63, 3.8) is 0 Å². The van der Waals surface area contributed by atoms with Gasteiger partial charge < -0.3 is 20.1 Å². The normalized spacial score (nSPS) is 11.1. The van der Waals surface area contributed by atoms with Crippen LogP contribution in [-0.4, -0.2) is 44.1 Å². The molecule has 1 rings (SSSR count). The molecule has 0 aliphatic heterocycles. The van der Waals surface area contributed by atoms with Crippen molar-refractivity contribution < 1.29 is 23.9 Å². The summed E-state index contributed by atoms with van der Waals surface area (Å²) in [6, 6.07) is 6.77. The zero-order valence-electron chi connectivity index (χ0n) is 13.8. The first kappa shape index (κ1) is 19.2. The van der Waals surface area contributed by atoms with E-state index in [4.69, 9.17) is 9.47 Å². The number of benzene rings is 1. The molecule has 130 valence electrons. The van der Waals surface area contributed by atoms with Gasteiger partial charge in [0, 0.05) is 13.1 Å². The molecule has 7 heteroatoms. The van der Waals surface area contributed by atoms with E-state index in [1.54, 1.807) is 24.3 Å². The molecule has 0 saturated heterocycles. The van der Waals surface area contributed by atoms with Crippen LogP contribution in [0.5, 0.6) is 5.75 Å². The number of hydrogen-bond acceptors (Lipinski definition) is 5. The summed E-state index contributed by atoms with van der Waals surface area (Å²) >= 11 is 0. The summed E-state index contributed by atoms with van der Waals surface area (Å²) in [6.45, 7) is 5.35. The first-order chi connectivity index (χ1) is 11.5. The number of ether oxygens (including phenoxy) is 2. The highest BCUT2D eigenvalue weighted by atomic mass is 16.5. The minimum atomic E-state index is -0.901. The van der Waals surface area contributed by atoms with Crippen LogP contribution >= 0.6 is 0 Å². The highest BCUT2D eigenvalue weighted by molar-refractivity contribution is 5.97. The SMILES string of the molecule is C=CCNC(=O)[C@H](C)OC(=O)CCNC(=O)c1ccccc1OC. The molecule has 0 saturated carbocycles. The van der Waals surface area contributed by atoms with Crippen LogP contribution in [0.3, 0.4) is 0 Å². The van der Waals surface area contributed by atoms with Crippen LogP contribution in [0, 0.1) is 0 Å². The van der Waals surface area contributed by atoms with Crippen molar-refractivity contribution in [1.82, 2.24) is 10.6 Å². The molecule has 0 spiro atoms. The van der Waals surface area contributed by atoms with Gasteiger partial charge in [-0.25, -0.2) is 0 Å². The second-order valence-corrected chi connectivity index (χ2v) is 4.87. The topological polar surface area (TPSA) is 93.7 Å². The van der Waals surface area contributed by atoms with Crippen molar-refractivity contribution >= 4 is 17.8 Å². The monoisotopic (exact) mass is 334 g/mol. The van der Waals surface area contributed by atoms with Crippen LogP contribution < -0.4 is 15.4 Å². The maximum atomic E-state index is 12.0. The lowest BCUT2D eigenvalue weighted by molar-refractivity contribution is -0.154. The van der Waals surface area contributed by atoms with Gasteiger partial charge in [-0.2, -0.15) is 0 Å². The predicted molar refractivity (Wildman–Crippen MR) is 88.7 cm³/mol. The van der Waals surface area contributed by atoms with Gasteiger partial charge >= 0.3 is 5.97 Å². The molecule has 0 aliphatic carbocycles. The summed E-state index contributed by atoms with van der Waals surface area (Å²) < 4.78 is 10.1. The molecule has 0 heterocycles. The van der Waals surface area contributed by atoms with E-state index in [9.17, 15) is 14.4 Å². The van der Waals surface area contributed by atoms with Gasteiger partial charge in [0.05, 0.1) is 19.1 Å². The van der Waals surface area contributed by atoms with Crippen LogP contribution in [0.15, 0.2) is 36.9 Å². The Kier molecular flexibility index (Phi) is 8.04. The first-order valence-electron chi connectivity index (χ1n) is 7.49. The van der Waals surface area contributed by atoms with Crippen molar-refractivity contribution in [2.45, 2.75) is 19.4 Å². The highest BCUT2D eigenvalue weighted by Crippen LogP contribution is 2.16. The van der Waals surface area contributed by atoms with Crippen LogP contribution in [0.2, 0.25) is 0 Å². The molecule has 1 aromatic rings. The molecule has 7 nitrogen and oxygen atoms in total. The number of carbonyl (C=O) groups excluding carboxylic acids is 3. The Morgan fingerprint density at radius 2 is 1.96 bits per heavy atom. The smallest absolute Gasteiger partial charge is 0.308 e. The first-order valence-corrected chi connectivity index (χ1v) is 7.49. The highest BCUT2D eigenvalue weighted by Gasteiger charge is 2.17. The molecule has 0 aromatic heterocycles. The molecule has 1 atom stereocenters. The third-order valence-electron chi connectivity index (χ3n) is 3.06. The Morgan fingerprint density at radius 1 is 1.25 bits per heavy atom. The van der Waals surface area contributed by atoms with Gasteiger partial charge in [0.15, 0.2) is 6.10 Å². The Hall–Kier alpha value is -2.83. The summed E-state index contributed by atoms with van der Waals surface area (Å²) in [5.74, 6) is -0.875. The third-order valence-corrected chi connectivity index (χ3v) is 3.06.